The third-order valence-electron chi connectivity index (χ3n) is 2.18. The summed E-state index contributed by atoms with van der Waals surface area (Å²) in [5.41, 5.74) is 6.57. The summed E-state index contributed by atoms with van der Waals surface area (Å²) < 4.78 is 5.88. The van der Waals surface area contributed by atoms with E-state index in [0.29, 0.717) is 11.5 Å². The van der Waals surface area contributed by atoms with Crippen LogP contribution in [0.15, 0.2) is 12.4 Å². The lowest BCUT2D eigenvalue weighted by Crippen LogP contribution is -2.06. The minimum atomic E-state index is 0.664. The lowest BCUT2D eigenvalue weighted by atomic mass is 10.3. The van der Waals surface area contributed by atoms with Gasteiger partial charge in [-0.25, -0.2) is 4.98 Å². The fourth-order valence-corrected chi connectivity index (χ4v) is 1.86. The second kappa shape index (κ2) is 4.39. The molecule has 0 amide bonds. The highest BCUT2D eigenvalue weighted by Crippen LogP contribution is 2.14. The van der Waals surface area contributed by atoms with Crippen molar-refractivity contribution in [3.05, 3.63) is 23.9 Å². The van der Waals surface area contributed by atoms with Crippen molar-refractivity contribution in [3.63, 3.8) is 0 Å². The van der Waals surface area contributed by atoms with Crippen LogP contribution in [0, 0.1) is 0 Å². The zero-order valence-corrected chi connectivity index (χ0v) is 9.37. The Morgan fingerprint density at radius 3 is 3.07 bits per heavy atom. The standard InChI is InChI=1S/C9H13N5S/c1-2-3-8-11-4-5-14(8)6-7-9(10)15-13-12-7/h4-5H,2-3,6,10H2,1H3. The first-order valence-electron chi connectivity index (χ1n) is 4.88. The van der Waals surface area contributed by atoms with Crippen molar-refractivity contribution in [2.75, 3.05) is 5.73 Å². The summed E-state index contributed by atoms with van der Waals surface area (Å²) in [7, 11) is 0. The summed E-state index contributed by atoms with van der Waals surface area (Å²) in [6.45, 7) is 2.80. The molecule has 2 heterocycles. The smallest absolute Gasteiger partial charge is 0.132 e. The number of hydrogen-bond acceptors (Lipinski definition) is 5. The van der Waals surface area contributed by atoms with Gasteiger partial charge in [0.2, 0.25) is 0 Å². The molecule has 5 nitrogen and oxygen atoms in total. The van der Waals surface area contributed by atoms with E-state index in [0.717, 1.165) is 24.4 Å². The molecule has 80 valence electrons. The first-order valence-corrected chi connectivity index (χ1v) is 5.65. The molecule has 0 aromatic carbocycles. The molecule has 0 atom stereocenters. The first kappa shape index (κ1) is 10.1. The van der Waals surface area contributed by atoms with E-state index in [1.807, 2.05) is 6.20 Å². The molecule has 0 saturated carbocycles. The Morgan fingerprint density at radius 1 is 1.53 bits per heavy atom. The van der Waals surface area contributed by atoms with Gasteiger partial charge >= 0.3 is 0 Å². The Kier molecular flexibility index (Phi) is 2.96. The zero-order valence-electron chi connectivity index (χ0n) is 8.55. The third kappa shape index (κ3) is 2.15. The van der Waals surface area contributed by atoms with E-state index in [1.54, 1.807) is 6.20 Å². The van der Waals surface area contributed by atoms with Crippen LogP contribution < -0.4 is 5.73 Å². The Hall–Kier alpha value is -1.43. The van der Waals surface area contributed by atoms with Gasteiger partial charge in [-0.15, -0.1) is 5.10 Å². The van der Waals surface area contributed by atoms with Crippen molar-refractivity contribution < 1.29 is 0 Å². The summed E-state index contributed by atoms with van der Waals surface area (Å²) in [6.07, 6.45) is 5.82. The van der Waals surface area contributed by atoms with Crippen LogP contribution in [-0.4, -0.2) is 19.1 Å². The first-order chi connectivity index (χ1) is 7.31. The third-order valence-corrected chi connectivity index (χ3v) is 2.78. The second-order valence-electron chi connectivity index (χ2n) is 3.31. The van der Waals surface area contributed by atoms with Gasteiger partial charge in [0.15, 0.2) is 0 Å². The Morgan fingerprint density at radius 2 is 2.40 bits per heavy atom. The van der Waals surface area contributed by atoms with Gasteiger partial charge in [0.05, 0.1) is 6.54 Å². The van der Waals surface area contributed by atoms with Crippen LogP contribution in [0.3, 0.4) is 0 Å². The largest absolute Gasteiger partial charge is 0.388 e. The number of imidazole rings is 1. The molecule has 0 saturated heterocycles. The van der Waals surface area contributed by atoms with Gasteiger partial charge in [0.25, 0.3) is 0 Å². The molecular formula is C9H13N5S. The topological polar surface area (TPSA) is 69.6 Å². The number of nitrogens with zero attached hydrogens (tertiary/aromatic N) is 4. The fraction of sp³-hybridized carbons (Fsp3) is 0.444. The van der Waals surface area contributed by atoms with Crippen LogP contribution in [0.4, 0.5) is 5.00 Å². The summed E-state index contributed by atoms with van der Waals surface area (Å²) >= 11 is 1.23. The molecule has 0 aliphatic rings. The number of hydrogen-bond donors (Lipinski definition) is 1. The van der Waals surface area contributed by atoms with Crippen LogP contribution in [0.2, 0.25) is 0 Å². The fourth-order valence-electron chi connectivity index (χ4n) is 1.42. The summed E-state index contributed by atoms with van der Waals surface area (Å²) in [5.74, 6) is 1.07. The molecule has 0 radical (unpaired) electrons. The van der Waals surface area contributed by atoms with Crippen molar-refractivity contribution in [2.24, 2.45) is 0 Å². The van der Waals surface area contributed by atoms with E-state index in [1.165, 1.54) is 11.5 Å². The van der Waals surface area contributed by atoms with Crippen molar-refractivity contribution in [3.8, 4) is 0 Å². The average molecular weight is 223 g/mol. The summed E-state index contributed by atoms with van der Waals surface area (Å²) in [4.78, 5) is 4.29. The SMILES string of the molecule is CCCc1nccn1Cc1nnsc1N. The lowest BCUT2D eigenvalue weighted by molar-refractivity contribution is 0.692. The van der Waals surface area contributed by atoms with Gasteiger partial charge in [-0.2, -0.15) is 0 Å². The van der Waals surface area contributed by atoms with Gasteiger partial charge in [-0.3, -0.25) is 0 Å². The average Bonchev–Trinajstić information content (AvgIpc) is 2.80. The number of anilines is 1. The highest BCUT2D eigenvalue weighted by atomic mass is 32.1. The number of aryl methyl sites for hydroxylation is 1. The minimum Gasteiger partial charge on any atom is -0.388 e. The second-order valence-corrected chi connectivity index (χ2v) is 4.09. The number of nitrogen functional groups attached to an aromatic ring is 1. The zero-order chi connectivity index (χ0) is 10.7. The molecule has 0 spiro atoms. The van der Waals surface area contributed by atoms with E-state index in [4.69, 9.17) is 5.73 Å². The highest BCUT2D eigenvalue weighted by Gasteiger charge is 2.07. The van der Waals surface area contributed by atoms with Gasteiger partial charge in [-0.05, 0) is 6.42 Å². The van der Waals surface area contributed by atoms with Gasteiger partial charge in [0, 0.05) is 30.3 Å². The number of rotatable bonds is 4. The van der Waals surface area contributed by atoms with Crippen LogP contribution in [0.5, 0.6) is 0 Å². The van der Waals surface area contributed by atoms with Crippen LogP contribution in [-0.2, 0) is 13.0 Å². The molecule has 0 bridgehead atoms. The Balaban J connectivity index is 2.17. The minimum absolute atomic E-state index is 0.664. The number of aromatic nitrogens is 4. The maximum Gasteiger partial charge on any atom is 0.132 e. The van der Waals surface area contributed by atoms with Crippen molar-refractivity contribution in [2.45, 2.75) is 26.3 Å². The molecule has 0 fully saturated rings. The van der Waals surface area contributed by atoms with Crippen molar-refractivity contribution in [1.82, 2.24) is 19.1 Å². The van der Waals surface area contributed by atoms with E-state index < -0.39 is 0 Å². The normalized spacial score (nSPS) is 10.7. The Labute approximate surface area is 92.1 Å². The van der Waals surface area contributed by atoms with E-state index in [9.17, 15) is 0 Å². The lowest BCUT2D eigenvalue weighted by Gasteiger charge is -2.04. The highest BCUT2D eigenvalue weighted by molar-refractivity contribution is 7.09. The van der Waals surface area contributed by atoms with E-state index in [2.05, 4.69) is 26.1 Å². The summed E-state index contributed by atoms with van der Waals surface area (Å²) in [6, 6.07) is 0. The van der Waals surface area contributed by atoms with Crippen LogP contribution in [0.1, 0.15) is 24.9 Å². The van der Waals surface area contributed by atoms with Crippen LogP contribution in [0.25, 0.3) is 0 Å². The quantitative estimate of drug-likeness (QED) is 0.848. The molecule has 2 aromatic rings. The molecular weight excluding hydrogens is 210 g/mol. The van der Waals surface area contributed by atoms with E-state index in [-0.39, 0.29) is 0 Å². The molecule has 0 aliphatic heterocycles. The van der Waals surface area contributed by atoms with Crippen molar-refractivity contribution in [1.29, 1.82) is 0 Å². The monoisotopic (exact) mass is 223 g/mol. The maximum atomic E-state index is 5.74. The molecule has 0 unspecified atom stereocenters. The molecule has 0 aliphatic carbocycles. The van der Waals surface area contributed by atoms with Gasteiger partial charge in [0.1, 0.15) is 16.5 Å². The molecule has 2 aromatic heterocycles. The molecule has 2 rings (SSSR count). The Bertz CT molecular complexity index is 433. The summed E-state index contributed by atoms with van der Waals surface area (Å²) in [5, 5.41) is 4.67. The van der Waals surface area contributed by atoms with Gasteiger partial charge < -0.3 is 10.3 Å². The van der Waals surface area contributed by atoms with Crippen molar-refractivity contribution >= 4 is 16.5 Å². The van der Waals surface area contributed by atoms with Crippen LogP contribution >= 0.6 is 11.5 Å². The predicted octanol–water partition coefficient (Wildman–Crippen LogP) is 1.32. The maximum absolute atomic E-state index is 5.74. The molecule has 15 heavy (non-hydrogen) atoms. The predicted molar refractivity (Wildman–Crippen MR) is 59.6 cm³/mol. The number of nitrogens with two attached hydrogens (primary N) is 1. The van der Waals surface area contributed by atoms with E-state index >= 15 is 0 Å². The molecule has 2 N–H and O–H groups in total. The van der Waals surface area contributed by atoms with Gasteiger partial charge in [-0.1, -0.05) is 11.4 Å². The molecule has 6 heteroatoms.